The number of aromatic nitrogens is 1. The van der Waals surface area contributed by atoms with Crippen LogP contribution in [-0.2, 0) is 35.3 Å². The van der Waals surface area contributed by atoms with Crippen LogP contribution in [0, 0.1) is 0 Å². The third-order valence-electron chi connectivity index (χ3n) is 4.47. The molecule has 2 aromatic rings. The van der Waals surface area contributed by atoms with Crippen molar-refractivity contribution in [1.29, 1.82) is 0 Å². The molecule has 15 nitrogen and oxygen atoms in total. The summed E-state index contributed by atoms with van der Waals surface area (Å²) in [5, 5.41) is 4.84. The van der Waals surface area contributed by atoms with Crippen molar-refractivity contribution in [3.63, 3.8) is 0 Å². The van der Waals surface area contributed by atoms with E-state index in [0.29, 0.717) is 0 Å². The quantitative estimate of drug-likeness (QED) is 0.116. The van der Waals surface area contributed by atoms with Gasteiger partial charge in [-0.25, -0.2) is 0 Å². The van der Waals surface area contributed by atoms with Crippen molar-refractivity contribution < 1.29 is 42.3 Å². The minimum absolute atomic E-state index is 0.0299. The average Bonchev–Trinajstić information content (AvgIpc) is 3.27. The van der Waals surface area contributed by atoms with Crippen molar-refractivity contribution in [3.05, 3.63) is 52.8 Å². The first-order chi connectivity index (χ1) is 16.7. The molecule has 17 heteroatoms. The molecule has 0 aliphatic heterocycles. The molecule has 1 aromatic heterocycles. The summed E-state index contributed by atoms with van der Waals surface area (Å²) in [5.74, 6) is -2.61. The molecule has 196 valence electrons. The Bertz CT molecular complexity index is 1230. The van der Waals surface area contributed by atoms with E-state index in [1.54, 1.807) is 0 Å². The number of nitrogens with two attached hydrogens (primary N) is 2. The molecule has 0 bridgehead atoms. The molecule has 9 N–H and O–H groups in total. The van der Waals surface area contributed by atoms with E-state index in [1.165, 1.54) is 30.3 Å². The fourth-order valence-corrected chi connectivity index (χ4v) is 4.44. The molecule has 36 heavy (non-hydrogen) atoms. The van der Waals surface area contributed by atoms with Crippen LogP contribution in [0.2, 0.25) is 0 Å². The zero-order valence-corrected chi connectivity index (χ0v) is 21.0. The van der Waals surface area contributed by atoms with Crippen LogP contribution in [0.4, 0.5) is 5.69 Å². The number of nitrogens with one attached hydrogen (secondary N) is 3. The second-order valence-corrected chi connectivity index (χ2v) is 11.3. The van der Waals surface area contributed by atoms with Crippen LogP contribution in [0.5, 0.6) is 0 Å². The molecule has 0 radical (unpaired) electrons. The minimum Gasteiger partial charge on any atom is -0.370 e. The highest BCUT2D eigenvalue weighted by Gasteiger charge is 2.22. The first-order valence-corrected chi connectivity index (χ1v) is 13.5. The number of benzene rings is 1. The van der Waals surface area contributed by atoms with E-state index in [4.69, 9.17) is 11.5 Å². The molecule has 0 saturated heterocycles. The summed E-state index contributed by atoms with van der Waals surface area (Å²) in [6, 6.07) is 6.76. The van der Waals surface area contributed by atoms with E-state index in [2.05, 4.69) is 29.7 Å². The summed E-state index contributed by atoms with van der Waals surface area (Å²) in [5.41, 5.74) is 10.8. The van der Waals surface area contributed by atoms with Gasteiger partial charge in [0.25, 0.3) is 11.8 Å². The Hall–Kier alpha value is -3.32. The number of H-pyrrole nitrogens is 1. The Morgan fingerprint density at radius 1 is 0.972 bits per heavy atom. The lowest BCUT2D eigenvalue weighted by Crippen LogP contribution is -2.33. The number of rotatable bonds is 11. The zero-order valence-electron chi connectivity index (χ0n) is 19.3. The van der Waals surface area contributed by atoms with E-state index in [0.717, 1.165) is 14.2 Å². The van der Waals surface area contributed by atoms with Crippen LogP contribution in [0.3, 0.4) is 0 Å². The van der Waals surface area contributed by atoms with Gasteiger partial charge in [-0.3, -0.25) is 23.5 Å². The maximum atomic E-state index is 12.4. The second kappa shape index (κ2) is 12.1. The molecule has 2 rings (SSSR count). The van der Waals surface area contributed by atoms with Gasteiger partial charge in [0.05, 0.1) is 18.9 Å². The molecule has 1 heterocycles. The average molecular weight is 544 g/mol. The summed E-state index contributed by atoms with van der Waals surface area (Å²) in [6.07, 6.45) is -0.846. The van der Waals surface area contributed by atoms with Gasteiger partial charge in [-0.2, -0.15) is 4.99 Å². The lowest BCUT2D eigenvalue weighted by Gasteiger charge is -2.15. The summed E-state index contributed by atoms with van der Waals surface area (Å²) < 4.78 is 33.1. The predicted octanol–water partition coefficient (Wildman–Crippen LogP) is 0.460. The number of aromatic amines is 1. The number of hydrogen-bond acceptors (Lipinski definition) is 7. The maximum Gasteiger partial charge on any atom is 0.332 e. The Balaban J connectivity index is 2.11. The number of amides is 3. The third-order valence-corrected chi connectivity index (χ3v) is 7.14. The van der Waals surface area contributed by atoms with Gasteiger partial charge in [-0.05, 0) is 35.4 Å². The molecule has 2 unspecified atom stereocenters. The first-order valence-electron chi connectivity index (χ1n) is 10.0. The summed E-state index contributed by atoms with van der Waals surface area (Å²) in [7, 11) is -5.84. The number of carbonyl (C=O) groups excluding carboxylic acids is 3. The van der Waals surface area contributed by atoms with Crippen LogP contribution in [0.25, 0.3) is 0 Å². The number of hydrogen-bond donors (Lipinski definition) is 7. The maximum absolute atomic E-state index is 12.4. The van der Waals surface area contributed by atoms with Gasteiger partial charge in [0.2, 0.25) is 5.91 Å². The minimum atomic E-state index is -3.98. The highest BCUT2D eigenvalue weighted by molar-refractivity contribution is 7.52. The fraction of sp³-hybridized carbons (Fsp3) is 0.263. The zero-order chi connectivity index (χ0) is 27.1. The van der Waals surface area contributed by atoms with Crippen LogP contribution in [0.1, 0.15) is 32.1 Å². The molecule has 2 atom stereocenters. The molecule has 1 aromatic carbocycles. The van der Waals surface area contributed by atoms with E-state index >= 15 is 0 Å². The SMILES string of the molecule is COP(=O)(O)Cc1cc(CP(=O)(O)OC)cc(NC(=O)CNC(=O)c2ccc(C(=O)N=C(N)N)[nH]2)c1. The lowest BCUT2D eigenvalue weighted by molar-refractivity contribution is -0.115. The normalized spacial score (nSPS) is 14.2. The van der Waals surface area contributed by atoms with Crippen LogP contribution < -0.4 is 22.1 Å². The highest BCUT2D eigenvalue weighted by Crippen LogP contribution is 2.47. The largest absolute Gasteiger partial charge is 0.370 e. The van der Waals surface area contributed by atoms with Gasteiger partial charge in [0.15, 0.2) is 5.96 Å². The molecule has 3 amide bonds. The van der Waals surface area contributed by atoms with Crippen molar-refractivity contribution in [2.45, 2.75) is 12.3 Å². The molecule has 0 spiro atoms. The predicted molar refractivity (Wildman–Crippen MR) is 129 cm³/mol. The van der Waals surface area contributed by atoms with Gasteiger partial charge in [0, 0.05) is 19.9 Å². The molecule has 0 saturated carbocycles. The summed E-state index contributed by atoms with van der Waals surface area (Å²) in [6.45, 7) is -0.484. The van der Waals surface area contributed by atoms with Crippen LogP contribution in [0.15, 0.2) is 35.3 Å². The Morgan fingerprint density at radius 3 is 2.00 bits per heavy atom. The molecular formula is C19H26N6O9P2. The van der Waals surface area contributed by atoms with Crippen molar-refractivity contribution in [2.75, 3.05) is 26.1 Å². The van der Waals surface area contributed by atoms with E-state index in [1.807, 2.05) is 0 Å². The van der Waals surface area contributed by atoms with E-state index < -0.39 is 57.7 Å². The van der Waals surface area contributed by atoms with E-state index in [-0.39, 0.29) is 28.2 Å². The topological polar surface area (TPSA) is 249 Å². The molecular weight excluding hydrogens is 518 g/mol. The highest BCUT2D eigenvalue weighted by atomic mass is 31.2. The van der Waals surface area contributed by atoms with Crippen molar-refractivity contribution >= 4 is 44.6 Å². The Morgan fingerprint density at radius 2 is 1.50 bits per heavy atom. The van der Waals surface area contributed by atoms with Gasteiger partial charge in [-0.15, -0.1) is 0 Å². The number of guanidine groups is 1. The van der Waals surface area contributed by atoms with Crippen LogP contribution in [-0.4, -0.2) is 59.2 Å². The van der Waals surface area contributed by atoms with Crippen molar-refractivity contribution in [1.82, 2.24) is 10.3 Å². The summed E-state index contributed by atoms with van der Waals surface area (Å²) in [4.78, 5) is 61.9. The molecule has 0 aliphatic carbocycles. The van der Waals surface area contributed by atoms with E-state index in [9.17, 15) is 33.3 Å². The lowest BCUT2D eigenvalue weighted by atomic mass is 10.1. The van der Waals surface area contributed by atoms with Crippen molar-refractivity contribution in [3.8, 4) is 0 Å². The number of carbonyl (C=O) groups is 3. The monoisotopic (exact) mass is 544 g/mol. The number of anilines is 1. The van der Waals surface area contributed by atoms with Gasteiger partial charge in [-0.1, -0.05) is 6.07 Å². The van der Waals surface area contributed by atoms with Crippen LogP contribution >= 0.6 is 15.2 Å². The Labute approximate surface area is 205 Å². The number of nitrogens with zero attached hydrogens (tertiary/aromatic N) is 1. The van der Waals surface area contributed by atoms with Crippen molar-refractivity contribution in [2.24, 2.45) is 16.5 Å². The van der Waals surface area contributed by atoms with Gasteiger partial charge in [0.1, 0.15) is 11.4 Å². The second-order valence-electron chi connectivity index (χ2n) is 7.35. The first kappa shape index (κ1) is 28.9. The fourth-order valence-electron chi connectivity index (χ4n) is 2.90. The molecule has 0 fully saturated rings. The third kappa shape index (κ3) is 9.04. The number of aliphatic imine (C=N–C) groups is 1. The molecule has 0 aliphatic rings. The van der Waals surface area contributed by atoms with Gasteiger partial charge < -0.3 is 45.9 Å². The smallest absolute Gasteiger partial charge is 0.332 e. The Kier molecular flexibility index (Phi) is 9.70. The van der Waals surface area contributed by atoms with Gasteiger partial charge >= 0.3 is 15.2 Å². The summed E-state index contributed by atoms with van der Waals surface area (Å²) >= 11 is 0. The standard InChI is InChI=1S/C19H26N6O9P2/c1-33-35(29,30)9-11-5-12(10-36(31,32)34-2)7-13(6-11)23-16(26)8-22-17(27)14-3-4-15(24-14)18(28)25-19(20)21/h3-7,24H,8-10H2,1-2H3,(H,22,27)(H,23,26)(H,29,30)(H,31,32)(H4,20,21,25,28).